The predicted octanol–water partition coefficient (Wildman–Crippen LogP) is 0.328. The van der Waals surface area contributed by atoms with Gasteiger partial charge in [-0.2, -0.15) is 5.10 Å². The largest absolute Gasteiger partial charge is 0.376 e. The first-order valence-electron chi connectivity index (χ1n) is 6.51. The summed E-state index contributed by atoms with van der Waals surface area (Å²) in [5.41, 5.74) is 3.26. The smallest absolute Gasteiger partial charge is 0.329 e. The molecule has 1 heterocycles. The number of nitrogens with zero attached hydrogens (tertiary/aromatic N) is 1. The average molecular weight is 253 g/mol. The highest BCUT2D eigenvalue weighted by Gasteiger charge is 2.19. The van der Waals surface area contributed by atoms with Crippen molar-refractivity contribution in [3.8, 4) is 0 Å². The molecule has 2 N–H and O–H groups in total. The summed E-state index contributed by atoms with van der Waals surface area (Å²) < 4.78 is 5.35. The van der Waals surface area contributed by atoms with Gasteiger partial charge in [-0.15, -0.1) is 0 Å². The summed E-state index contributed by atoms with van der Waals surface area (Å²) in [5.74, 6) is -1.35. The zero-order valence-electron chi connectivity index (χ0n) is 10.4. The Morgan fingerprint density at radius 2 is 2.00 bits per heavy atom. The third kappa shape index (κ3) is 3.80. The van der Waals surface area contributed by atoms with Crippen molar-refractivity contribution in [3.05, 3.63) is 0 Å². The molecule has 0 aromatic rings. The van der Waals surface area contributed by atoms with E-state index in [1.165, 1.54) is 0 Å². The summed E-state index contributed by atoms with van der Waals surface area (Å²) in [7, 11) is 0. The van der Waals surface area contributed by atoms with Gasteiger partial charge in [-0.1, -0.05) is 0 Å². The van der Waals surface area contributed by atoms with Crippen LogP contribution in [0.5, 0.6) is 0 Å². The highest BCUT2D eigenvalue weighted by Crippen LogP contribution is 2.13. The van der Waals surface area contributed by atoms with E-state index in [0.717, 1.165) is 50.8 Å². The number of hydrogen-bond donors (Lipinski definition) is 2. The molecule has 1 atom stereocenters. The Kier molecular flexibility index (Phi) is 4.69. The first-order valence-corrected chi connectivity index (χ1v) is 6.51. The Labute approximate surface area is 106 Å². The van der Waals surface area contributed by atoms with Crippen molar-refractivity contribution in [2.45, 2.75) is 44.6 Å². The van der Waals surface area contributed by atoms with E-state index < -0.39 is 11.8 Å². The average Bonchev–Trinajstić information content (AvgIpc) is 3.05. The molecule has 18 heavy (non-hydrogen) atoms. The first kappa shape index (κ1) is 13.0. The number of carbonyl (C=O) groups is 2. The molecule has 2 amide bonds. The lowest BCUT2D eigenvalue weighted by Crippen LogP contribution is -2.41. The Hall–Kier alpha value is -1.43. The van der Waals surface area contributed by atoms with E-state index in [0.29, 0.717) is 6.54 Å². The van der Waals surface area contributed by atoms with Crippen LogP contribution in [0.15, 0.2) is 5.10 Å². The molecule has 0 radical (unpaired) electrons. The maximum Gasteiger partial charge on any atom is 0.329 e. The van der Waals surface area contributed by atoms with Crippen LogP contribution in [0.3, 0.4) is 0 Å². The minimum Gasteiger partial charge on any atom is -0.376 e. The van der Waals surface area contributed by atoms with Crippen molar-refractivity contribution >= 4 is 17.5 Å². The maximum absolute atomic E-state index is 11.5. The molecule has 0 unspecified atom stereocenters. The van der Waals surface area contributed by atoms with Gasteiger partial charge in [0.25, 0.3) is 0 Å². The lowest BCUT2D eigenvalue weighted by atomic mass is 10.2. The topological polar surface area (TPSA) is 79.8 Å². The van der Waals surface area contributed by atoms with Crippen LogP contribution in [0, 0.1) is 0 Å². The van der Waals surface area contributed by atoms with Crippen LogP contribution in [-0.2, 0) is 14.3 Å². The fourth-order valence-electron chi connectivity index (χ4n) is 2.17. The van der Waals surface area contributed by atoms with E-state index >= 15 is 0 Å². The van der Waals surface area contributed by atoms with Gasteiger partial charge in [0.1, 0.15) is 0 Å². The zero-order chi connectivity index (χ0) is 12.8. The number of hydrazone groups is 1. The summed E-state index contributed by atoms with van der Waals surface area (Å²) in [4.78, 5) is 22.9. The molecule has 1 saturated heterocycles. The third-order valence-corrected chi connectivity index (χ3v) is 3.22. The molecular weight excluding hydrogens is 234 g/mol. The minimum atomic E-state index is -0.701. The predicted molar refractivity (Wildman–Crippen MR) is 66.0 cm³/mol. The number of amides is 2. The Balaban J connectivity index is 1.67. The second kappa shape index (κ2) is 6.49. The molecule has 1 aliphatic carbocycles. The quantitative estimate of drug-likeness (QED) is 0.562. The molecule has 2 fully saturated rings. The van der Waals surface area contributed by atoms with E-state index in [-0.39, 0.29) is 6.10 Å². The number of rotatable bonds is 3. The lowest BCUT2D eigenvalue weighted by Gasteiger charge is -2.09. The lowest BCUT2D eigenvalue weighted by molar-refractivity contribution is -0.139. The van der Waals surface area contributed by atoms with E-state index in [1.807, 2.05) is 0 Å². The molecule has 100 valence electrons. The minimum absolute atomic E-state index is 0.0443. The zero-order valence-corrected chi connectivity index (χ0v) is 10.4. The maximum atomic E-state index is 11.5. The van der Waals surface area contributed by atoms with Gasteiger partial charge < -0.3 is 10.1 Å². The second-order valence-corrected chi connectivity index (χ2v) is 4.67. The molecule has 6 heteroatoms. The van der Waals surface area contributed by atoms with Crippen molar-refractivity contribution in [3.63, 3.8) is 0 Å². The van der Waals surface area contributed by atoms with Gasteiger partial charge in [0.05, 0.1) is 6.10 Å². The van der Waals surface area contributed by atoms with E-state index in [2.05, 4.69) is 15.8 Å². The normalized spacial score (nSPS) is 22.9. The SMILES string of the molecule is O=C(NC[C@@H]1CCCO1)C(=O)NN=C1CCCC1. The Morgan fingerprint density at radius 1 is 1.22 bits per heavy atom. The van der Waals surface area contributed by atoms with Gasteiger partial charge in [-0.05, 0) is 38.5 Å². The summed E-state index contributed by atoms with van der Waals surface area (Å²) in [6.45, 7) is 1.13. The van der Waals surface area contributed by atoms with Crippen LogP contribution < -0.4 is 10.7 Å². The van der Waals surface area contributed by atoms with Gasteiger partial charge in [0, 0.05) is 18.9 Å². The van der Waals surface area contributed by atoms with Crippen molar-refractivity contribution in [1.29, 1.82) is 0 Å². The highest BCUT2D eigenvalue weighted by molar-refractivity contribution is 6.35. The fraction of sp³-hybridized carbons (Fsp3) is 0.750. The van der Waals surface area contributed by atoms with Crippen LogP contribution in [0.2, 0.25) is 0 Å². The van der Waals surface area contributed by atoms with Crippen molar-refractivity contribution in [2.75, 3.05) is 13.2 Å². The molecule has 0 bridgehead atoms. The van der Waals surface area contributed by atoms with Crippen LogP contribution in [0.4, 0.5) is 0 Å². The number of carbonyl (C=O) groups excluding carboxylic acids is 2. The summed E-state index contributed by atoms with van der Waals surface area (Å²) >= 11 is 0. The molecule has 0 aromatic carbocycles. The third-order valence-electron chi connectivity index (χ3n) is 3.22. The molecule has 2 rings (SSSR count). The molecule has 0 aromatic heterocycles. The van der Waals surface area contributed by atoms with Crippen LogP contribution in [0.1, 0.15) is 38.5 Å². The van der Waals surface area contributed by atoms with Crippen molar-refractivity contribution in [1.82, 2.24) is 10.7 Å². The van der Waals surface area contributed by atoms with E-state index in [1.54, 1.807) is 0 Å². The highest BCUT2D eigenvalue weighted by atomic mass is 16.5. The van der Waals surface area contributed by atoms with Gasteiger partial charge in [-0.25, -0.2) is 5.43 Å². The standard InChI is InChI=1S/C12H19N3O3/c16-11(13-8-10-6-3-7-18-10)12(17)15-14-9-4-1-2-5-9/h10H,1-8H2,(H,13,16)(H,15,17)/t10-/m0/s1. The molecular formula is C12H19N3O3. The van der Waals surface area contributed by atoms with Crippen molar-refractivity contribution < 1.29 is 14.3 Å². The Bertz CT molecular complexity index is 340. The molecule has 6 nitrogen and oxygen atoms in total. The van der Waals surface area contributed by atoms with Gasteiger partial charge in [0.15, 0.2) is 0 Å². The molecule has 2 aliphatic rings. The number of hydrogen-bond acceptors (Lipinski definition) is 4. The fourth-order valence-corrected chi connectivity index (χ4v) is 2.17. The van der Waals surface area contributed by atoms with Gasteiger partial charge in [0.2, 0.25) is 0 Å². The van der Waals surface area contributed by atoms with Gasteiger partial charge >= 0.3 is 11.8 Å². The van der Waals surface area contributed by atoms with Crippen LogP contribution >= 0.6 is 0 Å². The van der Waals surface area contributed by atoms with E-state index in [9.17, 15) is 9.59 Å². The van der Waals surface area contributed by atoms with Crippen molar-refractivity contribution in [2.24, 2.45) is 5.10 Å². The number of ether oxygens (including phenoxy) is 1. The molecule has 0 spiro atoms. The number of nitrogens with one attached hydrogen (secondary N) is 2. The summed E-state index contributed by atoms with van der Waals surface area (Å²) in [5, 5.41) is 6.50. The van der Waals surface area contributed by atoms with Gasteiger partial charge in [-0.3, -0.25) is 9.59 Å². The second-order valence-electron chi connectivity index (χ2n) is 4.67. The molecule has 1 aliphatic heterocycles. The summed E-state index contributed by atoms with van der Waals surface area (Å²) in [6, 6.07) is 0. The summed E-state index contributed by atoms with van der Waals surface area (Å²) in [6.07, 6.45) is 6.04. The molecule has 1 saturated carbocycles. The first-order chi connectivity index (χ1) is 8.75. The van der Waals surface area contributed by atoms with Crippen LogP contribution in [-0.4, -0.2) is 36.8 Å². The van der Waals surface area contributed by atoms with Crippen LogP contribution in [0.25, 0.3) is 0 Å². The monoisotopic (exact) mass is 253 g/mol. The van der Waals surface area contributed by atoms with E-state index in [4.69, 9.17) is 4.74 Å². The Morgan fingerprint density at radius 3 is 2.67 bits per heavy atom.